The van der Waals surface area contributed by atoms with E-state index in [2.05, 4.69) is 10.3 Å². The van der Waals surface area contributed by atoms with E-state index < -0.39 is 0 Å². The van der Waals surface area contributed by atoms with Gasteiger partial charge in [-0.1, -0.05) is 6.92 Å². The number of thiazole rings is 1. The molecule has 2 amide bonds. The summed E-state index contributed by atoms with van der Waals surface area (Å²) in [4.78, 5) is 28.5. The molecule has 7 heteroatoms. The molecule has 0 saturated carbocycles. The van der Waals surface area contributed by atoms with E-state index in [9.17, 15) is 9.59 Å². The number of hydrogen-bond acceptors (Lipinski definition) is 5. The zero-order chi connectivity index (χ0) is 17.5. The van der Waals surface area contributed by atoms with Gasteiger partial charge in [-0.25, -0.2) is 9.78 Å². The number of rotatable bonds is 3. The molecule has 1 aromatic heterocycles. The molecular formula is C16H27N3O3S. The van der Waals surface area contributed by atoms with Crippen molar-refractivity contribution in [3.05, 3.63) is 10.6 Å². The summed E-state index contributed by atoms with van der Waals surface area (Å²) in [7, 11) is 0. The predicted molar refractivity (Wildman–Crippen MR) is 93.0 cm³/mol. The fraction of sp³-hybridized carbons (Fsp3) is 0.688. The van der Waals surface area contributed by atoms with Crippen molar-refractivity contribution < 1.29 is 14.3 Å². The molecule has 130 valence electrons. The Bertz CT molecular complexity index is 517. The Morgan fingerprint density at radius 1 is 1.39 bits per heavy atom. The van der Waals surface area contributed by atoms with E-state index in [1.807, 2.05) is 34.6 Å². The van der Waals surface area contributed by atoms with Crippen molar-refractivity contribution in [1.29, 1.82) is 0 Å². The molecule has 1 aliphatic heterocycles. The third-order valence-electron chi connectivity index (χ3n) is 3.17. The fourth-order valence-corrected chi connectivity index (χ4v) is 2.96. The van der Waals surface area contributed by atoms with E-state index >= 15 is 0 Å². The predicted octanol–water partition coefficient (Wildman–Crippen LogP) is 3.60. The van der Waals surface area contributed by atoms with Gasteiger partial charge in [0.05, 0.1) is 5.69 Å². The minimum absolute atomic E-state index is 0.167. The lowest BCUT2D eigenvalue weighted by atomic mass is 10.2. The molecule has 0 bridgehead atoms. The Labute approximate surface area is 142 Å². The molecule has 0 aromatic carbocycles. The molecule has 0 radical (unpaired) electrons. The molecule has 1 fully saturated rings. The van der Waals surface area contributed by atoms with Crippen molar-refractivity contribution >= 4 is 29.0 Å². The number of aryl methyl sites for hydroxylation is 2. The van der Waals surface area contributed by atoms with E-state index in [1.165, 1.54) is 16.2 Å². The summed E-state index contributed by atoms with van der Waals surface area (Å²) in [6, 6.07) is 0. The highest BCUT2D eigenvalue weighted by atomic mass is 32.1. The van der Waals surface area contributed by atoms with Gasteiger partial charge in [0.25, 0.3) is 0 Å². The largest absolute Gasteiger partial charge is 0.444 e. The second-order valence-corrected chi connectivity index (χ2v) is 7.52. The van der Waals surface area contributed by atoms with Crippen molar-refractivity contribution in [2.75, 3.05) is 18.4 Å². The topological polar surface area (TPSA) is 71.5 Å². The Hall–Kier alpha value is -1.63. The average molecular weight is 341 g/mol. The molecule has 0 aliphatic carbocycles. The number of ether oxygens (including phenoxy) is 1. The summed E-state index contributed by atoms with van der Waals surface area (Å²) in [6.07, 6.45) is 3.62. The molecule has 1 N–H and O–H groups in total. The highest BCUT2D eigenvalue weighted by Crippen LogP contribution is 2.21. The number of nitrogens with one attached hydrogen (secondary N) is 1. The van der Waals surface area contributed by atoms with E-state index in [0.717, 1.165) is 38.0 Å². The smallest absolute Gasteiger partial charge is 0.410 e. The average Bonchev–Trinajstić information content (AvgIpc) is 3.07. The quantitative estimate of drug-likeness (QED) is 0.853. The van der Waals surface area contributed by atoms with Gasteiger partial charge in [-0.3, -0.25) is 4.79 Å². The Morgan fingerprint density at radius 2 is 2.00 bits per heavy atom. The van der Waals surface area contributed by atoms with Crippen LogP contribution in [0.3, 0.4) is 0 Å². The van der Waals surface area contributed by atoms with Crippen LogP contribution in [-0.2, 0) is 16.0 Å². The van der Waals surface area contributed by atoms with Crippen LogP contribution >= 0.6 is 11.3 Å². The zero-order valence-corrected chi connectivity index (χ0v) is 15.5. The summed E-state index contributed by atoms with van der Waals surface area (Å²) in [5, 5.41) is 3.22. The lowest BCUT2D eigenvalue weighted by molar-refractivity contribution is -0.105. The standard InChI is InChI=1S/C9H17NO2.C7H10N2OS/c1-9(2,3)12-8(11)10-6-4-5-7-10;1-3-6-5(2)11-7(9-6)8-4-10/h4-7H2,1-3H3;4H,3H2,1-2H3,(H,8,9,10). The Kier molecular flexibility index (Phi) is 7.48. The SMILES string of the molecule is CC(C)(C)OC(=O)N1CCCC1.CCc1nc(NC=O)sc1C. The van der Waals surface area contributed by atoms with Gasteiger partial charge in [0.2, 0.25) is 6.41 Å². The third-order valence-corrected chi connectivity index (χ3v) is 4.11. The molecule has 1 aromatic rings. The molecule has 0 spiro atoms. The molecule has 2 rings (SSSR count). The van der Waals surface area contributed by atoms with Crippen LogP contribution in [0.4, 0.5) is 9.93 Å². The van der Waals surface area contributed by atoms with E-state index in [0.29, 0.717) is 11.5 Å². The van der Waals surface area contributed by atoms with Gasteiger partial charge in [0.15, 0.2) is 5.13 Å². The van der Waals surface area contributed by atoms with Crippen molar-refractivity contribution in [3.63, 3.8) is 0 Å². The summed E-state index contributed by atoms with van der Waals surface area (Å²) >= 11 is 1.51. The van der Waals surface area contributed by atoms with Crippen LogP contribution in [0.15, 0.2) is 0 Å². The first-order valence-electron chi connectivity index (χ1n) is 7.91. The fourth-order valence-electron chi connectivity index (χ4n) is 2.09. The van der Waals surface area contributed by atoms with Crippen LogP contribution in [0.25, 0.3) is 0 Å². The second-order valence-electron chi connectivity index (χ2n) is 6.31. The van der Waals surface area contributed by atoms with Gasteiger partial charge >= 0.3 is 6.09 Å². The summed E-state index contributed by atoms with van der Waals surface area (Å²) < 4.78 is 5.21. The number of carbonyl (C=O) groups is 2. The molecule has 6 nitrogen and oxygen atoms in total. The highest BCUT2D eigenvalue weighted by molar-refractivity contribution is 7.15. The molecular weight excluding hydrogens is 314 g/mol. The monoisotopic (exact) mass is 341 g/mol. The van der Waals surface area contributed by atoms with Crippen LogP contribution in [0.1, 0.15) is 51.1 Å². The van der Waals surface area contributed by atoms with Gasteiger partial charge < -0.3 is 15.0 Å². The van der Waals surface area contributed by atoms with Crippen molar-refractivity contribution in [2.24, 2.45) is 0 Å². The normalized spacial score (nSPS) is 14.0. The number of aromatic nitrogens is 1. The number of amides is 2. The van der Waals surface area contributed by atoms with Gasteiger partial charge in [-0.2, -0.15) is 0 Å². The minimum Gasteiger partial charge on any atom is -0.444 e. The van der Waals surface area contributed by atoms with Gasteiger partial charge in [-0.15, -0.1) is 11.3 Å². The second kappa shape index (κ2) is 8.86. The van der Waals surface area contributed by atoms with Crippen LogP contribution in [0, 0.1) is 6.92 Å². The van der Waals surface area contributed by atoms with E-state index in [1.54, 1.807) is 4.90 Å². The lowest BCUT2D eigenvalue weighted by Crippen LogP contribution is -2.34. The van der Waals surface area contributed by atoms with Crippen molar-refractivity contribution in [1.82, 2.24) is 9.88 Å². The molecule has 1 saturated heterocycles. The van der Waals surface area contributed by atoms with E-state index in [-0.39, 0.29) is 11.7 Å². The lowest BCUT2D eigenvalue weighted by Gasteiger charge is -2.23. The Balaban J connectivity index is 0.000000231. The maximum absolute atomic E-state index is 11.4. The molecule has 0 atom stereocenters. The Morgan fingerprint density at radius 3 is 2.43 bits per heavy atom. The minimum atomic E-state index is -0.361. The van der Waals surface area contributed by atoms with Gasteiger partial charge in [-0.05, 0) is 47.0 Å². The molecule has 1 aliphatic rings. The van der Waals surface area contributed by atoms with Crippen molar-refractivity contribution in [3.8, 4) is 0 Å². The maximum Gasteiger partial charge on any atom is 0.410 e. The highest BCUT2D eigenvalue weighted by Gasteiger charge is 2.23. The van der Waals surface area contributed by atoms with Gasteiger partial charge in [0.1, 0.15) is 5.60 Å². The van der Waals surface area contributed by atoms with Crippen LogP contribution in [0.5, 0.6) is 0 Å². The third kappa shape index (κ3) is 6.99. The number of nitrogens with zero attached hydrogens (tertiary/aromatic N) is 2. The molecule has 0 unspecified atom stereocenters. The summed E-state index contributed by atoms with van der Waals surface area (Å²) in [6.45, 7) is 11.4. The number of carbonyl (C=O) groups excluding carboxylic acids is 2. The van der Waals surface area contributed by atoms with Crippen molar-refractivity contribution in [2.45, 2.75) is 59.5 Å². The summed E-state index contributed by atoms with van der Waals surface area (Å²) in [5.41, 5.74) is 0.707. The zero-order valence-electron chi connectivity index (χ0n) is 14.6. The molecule has 23 heavy (non-hydrogen) atoms. The van der Waals surface area contributed by atoms with Crippen LogP contribution in [0.2, 0.25) is 0 Å². The van der Waals surface area contributed by atoms with Gasteiger partial charge in [0, 0.05) is 18.0 Å². The first-order valence-corrected chi connectivity index (χ1v) is 8.73. The summed E-state index contributed by atoms with van der Waals surface area (Å²) in [5.74, 6) is 0. The first-order chi connectivity index (χ1) is 10.8. The first kappa shape index (κ1) is 19.4. The number of hydrogen-bond donors (Lipinski definition) is 1. The van der Waals surface area contributed by atoms with Crippen LogP contribution < -0.4 is 5.32 Å². The molecule has 2 heterocycles. The van der Waals surface area contributed by atoms with Crippen LogP contribution in [-0.4, -0.2) is 41.1 Å². The maximum atomic E-state index is 11.4. The number of anilines is 1. The van der Waals surface area contributed by atoms with E-state index in [4.69, 9.17) is 4.74 Å². The number of likely N-dealkylation sites (tertiary alicyclic amines) is 1.